The van der Waals surface area contributed by atoms with Crippen molar-refractivity contribution in [1.29, 1.82) is 0 Å². The van der Waals surface area contributed by atoms with Crippen molar-refractivity contribution in [1.82, 2.24) is 9.80 Å². The Morgan fingerprint density at radius 1 is 0.931 bits per heavy atom. The van der Waals surface area contributed by atoms with E-state index in [9.17, 15) is 22.8 Å². The molecule has 1 heterocycles. The van der Waals surface area contributed by atoms with Crippen molar-refractivity contribution in [3.8, 4) is 0 Å². The van der Waals surface area contributed by atoms with E-state index in [1.807, 2.05) is 35.2 Å². The number of carbonyl (C=O) groups is 2. The number of hydrogen-bond donors (Lipinski definition) is 0. The Kier molecular flexibility index (Phi) is 6.22. The van der Waals surface area contributed by atoms with Gasteiger partial charge < -0.3 is 9.80 Å². The molecular weight excluding hydrogens is 383 g/mol. The Balaban J connectivity index is 1.58. The molecule has 1 aliphatic rings. The van der Waals surface area contributed by atoms with Crippen LogP contribution in [0.2, 0.25) is 0 Å². The smallest absolute Gasteiger partial charge is 0.336 e. The average molecular weight is 405 g/mol. The van der Waals surface area contributed by atoms with Crippen LogP contribution < -0.4 is 4.90 Å². The number of anilines is 1. The summed E-state index contributed by atoms with van der Waals surface area (Å²) in [6.07, 6.45) is -4.58. The standard InChI is InChI=1S/C21H22F3N3O2/c1-25(16-7-3-2-4-8-16)19(28)15-26-11-13-27(14-12-26)20(29)17-9-5-6-10-18(17)21(22,23)24/h2-10H,11-15H2,1H3. The van der Waals surface area contributed by atoms with Crippen LogP contribution in [0.5, 0.6) is 0 Å². The molecule has 3 rings (SSSR count). The van der Waals surface area contributed by atoms with Gasteiger partial charge >= 0.3 is 6.18 Å². The zero-order valence-corrected chi connectivity index (χ0v) is 16.0. The number of alkyl halides is 3. The summed E-state index contributed by atoms with van der Waals surface area (Å²) in [5.74, 6) is -0.719. The number of halogens is 3. The molecule has 0 saturated carbocycles. The van der Waals surface area contributed by atoms with Gasteiger partial charge in [0.1, 0.15) is 0 Å². The van der Waals surface area contributed by atoms with Crippen molar-refractivity contribution in [2.45, 2.75) is 6.18 Å². The van der Waals surface area contributed by atoms with Crippen LogP contribution in [0.4, 0.5) is 18.9 Å². The number of likely N-dealkylation sites (N-methyl/N-ethyl adjacent to an activating group) is 1. The first-order chi connectivity index (χ1) is 13.8. The summed E-state index contributed by atoms with van der Waals surface area (Å²) in [7, 11) is 1.70. The van der Waals surface area contributed by atoms with Crippen LogP contribution >= 0.6 is 0 Å². The number of carbonyl (C=O) groups excluding carboxylic acids is 2. The monoisotopic (exact) mass is 405 g/mol. The molecule has 2 amide bonds. The van der Waals surface area contributed by atoms with Crippen molar-refractivity contribution < 1.29 is 22.8 Å². The maximum Gasteiger partial charge on any atom is 0.417 e. The maximum absolute atomic E-state index is 13.2. The van der Waals surface area contributed by atoms with Crippen molar-refractivity contribution in [2.75, 3.05) is 44.7 Å². The molecule has 0 aromatic heterocycles. The van der Waals surface area contributed by atoms with Crippen molar-refractivity contribution in [3.05, 3.63) is 65.7 Å². The predicted octanol–water partition coefficient (Wildman–Crippen LogP) is 3.13. The van der Waals surface area contributed by atoms with Crippen LogP contribution in [0.1, 0.15) is 15.9 Å². The Hall–Kier alpha value is -2.87. The zero-order chi connectivity index (χ0) is 21.0. The lowest BCUT2D eigenvalue weighted by Gasteiger charge is -2.35. The first-order valence-corrected chi connectivity index (χ1v) is 9.27. The van der Waals surface area contributed by atoms with Gasteiger partial charge in [-0.1, -0.05) is 30.3 Å². The SMILES string of the molecule is CN(C(=O)CN1CCN(C(=O)c2ccccc2C(F)(F)F)CC1)c1ccccc1. The van der Waals surface area contributed by atoms with Gasteiger partial charge in [0.25, 0.3) is 5.91 Å². The minimum atomic E-state index is -4.58. The molecule has 1 fully saturated rings. The van der Waals surface area contributed by atoms with Gasteiger partial charge in [0.05, 0.1) is 17.7 Å². The third kappa shape index (κ3) is 4.95. The number of piperazine rings is 1. The van der Waals surface area contributed by atoms with Crippen molar-refractivity contribution >= 4 is 17.5 Å². The lowest BCUT2D eigenvalue weighted by molar-refractivity contribution is -0.138. The summed E-state index contributed by atoms with van der Waals surface area (Å²) >= 11 is 0. The molecular formula is C21H22F3N3O2. The normalized spacial score (nSPS) is 15.2. The summed E-state index contributed by atoms with van der Waals surface area (Å²) in [5, 5.41) is 0. The van der Waals surface area contributed by atoms with Gasteiger partial charge in [0.15, 0.2) is 0 Å². The minimum Gasteiger partial charge on any atom is -0.336 e. The molecule has 0 bridgehead atoms. The Labute approximate surface area is 167 Å². The molecule has 2 aromatic carbocycles. The molecule has 1 aliphatic heterocycles. The van der Waals surface area contributed by atoms with E-state index in [1.54, 1.807) is 11.9 Å². The van der Waals surface area contributed by atoms with Crippen LogP contribution in [0, 0.1) is 0 Å². The van der Waals surface area contributed by atoms with Gasteiger partial charge in [0.2, 0.25) is 5.91 Å². The quantitative estimate of drug-likeness (QED) is 0.785. The number of rotatable bonds is 4. The zero-order valence-electron chi connectivity index (χ0n) is 16.0. The third-order valence-corrected chi connectivity index (χ3v) is 5.00. The molecule has 0 unspecified atom stereocenters. The Bertz CT molecular complexity index is 863. The fourth-order valence-corrected chi connectivity index (χ4v) is 3.29. The largest absolute Gasteiger partial charge is 0.417 e. The second-order valence-corrected chi connectivity index (χ2v) is 6.90. The van der Waals surface area contributed by atoms with Crippen LogP contribution in [-0.4, -0.2) is 61.4 Å². The minimum absolute atomic E-state index is 0.0848. The van der Waals surface area contributed by atoms with E-state index < -0.39 is 17.6 Å². The highest BCUT2D eigenvalue weighted by molar-refractivity contribution is 5.96. The molecule has 2 aromatic rings. The fraction of sp³-hybridized carbons (Fsp3) is 0.333. The number of para-hydroxylation sites is 1. The summed E-state index contributed by atoms with van der Waals surface area (Å²) in [5.41, 5.74) is -0.476. The van der Waals surface area contributed by atoms with E-state index in [2.05, 4.69) is 0 Å². The molecule has 0 atom stereocenters. The van der Waals surface area contributed by atoms with E-state index in [1.165, 1.54) is 23.1 Å². The Morgan fingerprint density at radius 3 is 2.14 bits per heavy atom. The molecule has 0 aliphatic carbocycles. The van der Waals surface area contributed by atoms with Gasteiger partial charge in [-0.3, -0.25) is 14.5 Å². The maximum atomic E-state index is 13.2. The lowest BCUT2D eigenvalue weighted by Crippen LogP contribution is -2.51. The van der Waals surface area contributed by atoms with Crippen LogP contribution in [0.25, 0.3) is 0 Å². The molecule has 8 heteroatoms. The summed E-state index contributed by atoms with van der Waals surface area (Å²) < 4.78 is 39.5. The molecule has 154 valence electrons. The van der Waals surface area contributed by atoms with Crippen LogP contribution in [0.15, 0.2) is 54.6 Å². The molecule has 0 N–H and O–H groups in total. The second-order valence-electron chi connectivity index (χ2n) is 6.90. The van der Waals surface area contributed by atoms with E-state index >= 15 is 0 Å². The molecule has 0 spiro atoms. The first-order valence-electron chi connectivity index (χ1n) is 9.27. The second kappa shape index (κ2) is 8.65. The van der Waals surface area contributed by atoms with Gasteiger partial charge in [-0.15, -0.1) is 0 Å². The Morgan fingerprint density at radius 2 is 1.52 bits per heavy atom. The highest BCUT2D eigenvalue weighted by Gasteiger charge is 2.36. The van der Waals surface area contributed by atoms with Gasteiger partial charge in [0, 0.05) is 38.9 Å². The van der Waals surface area contributed by atoms with Crippen molar-refractivity contribution in [3.63, 3.8) is 0 Å². The predicted molar refractivity (Wildman–Crippen MR) is 104 cm³/mol. The fourth-order valence-electron chi connectivity index (χ4n) is 3.29. The summed E-state index contributed by atoms with van der Waals surface area (Å²) in [6, 6.07) is 14.1. The highest BCUT2D eigenvalue weighted by Crippen LogP contribution is 2.32. The lowest BCUT2D eigenvalue weighted by atomic mass is 10.1. The van der Waals surface area contributed by atoms with E-state index in [-0.39, 0.29) is 31.1 Å². The number of amides is 2. The molecule has 29 heavy (non-hydrogen) atoms. The number of benzene rings is 2. The topological polar surface area (TPSA) is 43.9 Å². The average Bonchev–Trinajstić information content (AvgIpc) is 2.73. The van der Waals surface area contributed by atoms with Gasteiger partial charge in [-0.25, -0.2) is 0 Å². The molecule has 1 saturated heterocycles. The number of nitrogens with zero attached hydrogens (tertiary/aromatic N) is 3. The molecule has 0 radical (unpaired) electrons. The van der Waals surface area contributed by atoms with Crippen molar-refractivity contribution in [2.24, 2.45) is 0 Å². The van der Waals surface area contributed by atoms with E-state index in [0.717, 1.165) is 11.8 Å². The van der Waals surface area contributed by atoms with E-state index in [4.69, 9.17) is 0 Å². The van der Waals surface area contributed by atoms with Crippen LogP contribution in [-0.2, 0) is 11.0 Å². The van der Waals surface area contributed by atoms with Crippen LogP contribution in [0.3, 0.4) is 0 Å². The molecule has 5 nitrogen and oxygen atoms in total. The van der Waals surface area contributed by atoms with E-state index in [0.29, 0.717) is 13.1 Å². The summed E-state index contributed by atoms with van der Waals surface area (Å²) in [4.78, 5) is 30.0. The summed E-state index contributed by atoms with van der Waals surface area (Å²) in [6.45, 7) is 1.58. The van der Waals surface area contributed by atoms with Gasteiger partial charge in [-0.05, 0) is 24.3 Å². The first kappa shape index (κ1) is 20.9. The highest BCUT2D eigenvalue weighted by atomic mass is 19.4. The third-order valence-electron chi connectivity index (χ3n) is 5.00. The number of hydrogen-bond acceptors (Lipinski definition) is 3. The van der Waals surface area contributed by atoms with Gasteiger partial charge in [-0.2, -0.15) is 13.2 Å².